The van der Waals surface area contributed by atoms with E-state index < -0.39 is 0 Å². The molecule has 4 nitrogen and oxygen atoms in total. The third-order valence-corrected chi connectivity index (χ3v) is 6.99. The molecule has 0 aliphatic heterocycles. The SMILES string of the molecule is N#CCNC[C@@H]1C[C@]23CCc4cnn(-c5ccc(F)cc5)c4C=C2CCC13. The molecule has 27 heavy (non-hydrogen) atoms. The molecule has 0 radical (unpaired) electrons. The summed E-state index contributed by atoms with van der Waals surface area (Å²) < 4.78 is 15.3. The van der Waals surface area contributed by atoms with Crippen molar-refractivity contribution in [1.82, 2.24) is 15.1 Å². The van der Waals surface area contributed by atoms with Crippen LogP contribution in [0.2, 0.25) is 0 Å². The van der Waals surface area contributed by atoms with E-state index in [0.29, 0.717) is 17.9 Å². The van der Waals surface area contributed by atoms with Crippen molar-refractivity contribution in [2.24, 2.45) is 17.3 Å². The number of aryl methyl sites for hydroxylation is 1. The molecule has 1 aromatic heterocycles. The van der Waals surface area contributed by atoms with E-state index >= 15 is 0 Å². The number of nitriles is 1. The predicted octanol–water partition coefficient (Wildman–Crippen LogP) is 3.87. The van der Waals surface area contributed by atoms with Crippen LogP contribution < -0.4 is 5.32 Å². The molecule has 0 bridgehead atoms. The van der Waals surface area contributed by atoms with Crippen LogP contribution in [0.25, 0.3) is 11.8 Å². The summed E-state index contributed by atoms with van der Waals surface area (Å²) in [5.41, 5.74) is 5.30. The summed E-state index contributed by atoms with van der Waals surface area (Å²) >= 11 is 0. The molecule has 1 unspecified atom stereocenters. The Hall–Kier alpha value is -2.45. The van der Waals surface area contributed by atoms with E-state index in [-0.39, 0.29) is 5.82 Å². The largest absolute Gasteiger partial charge is 0.304 e. The molecule has 1 N–H and O–H groups in total. The molecule has 3 atom stereocenters. The van der Waals surface area contributed by atoms with Crippen LogP contribution >= 0.6 is 0 Å². The maximum Gasteiger partial charge on any atom is 0.123 e. The molecule has 3 aliphatic rings. The van der Waals surface area contributed by atoms with Crippen LogP contribution in [0.1, 0.15) is 36.9 Å². The van der Waals surface area contributed by atoms with Crippen LogP contribution in [-0.4, -0.2) is 22.9 Å². The molecule has 2 fully saturated rings. The molecule has 5 rings (SSSR count). The minimum Gasteiger partial charge on any atom is -0.304 e. The quantitative estimate of drug-likeness (QED) is 0.663. The average molecular weight is 362 g/mol. The summed E-state index contributed by atoms with van der Waals surface area (Å²) in [6.07, 6.45) is 10.2. The second-order valence-electron chi connectivity index (χ2n) is 8.17. The number of halogens is 1. The minimum absolute atomic E-state index is 0.224. The van der Waals surface area contributed by atoms with E-state index in [0.717, 1.165) is 31.0 Å². The van der Waals surface area contributed by atoms with Gasteiger partial charge in [-0.05, 0) is 91.8 Å². The summed E-state index contributed by atoms with van der Waals surface area (Å²) in [5.74, 6) is 1.21. The highest BCUT2D eigenvalue weighted by molar-refractivity contribution is 5.60. The highest BCUT2D eigenvalue weighted by Crippen LogP contribution is 2.66. The normalized spacial score (nSPS) is 28.2. The highest BCUT2D eigenvalue weighted by atomic mass is 19.1. The molecule has 0 amide bonds. The highest BCUT2D eigenvalue weighted by Gasteiger charge is 2.58. The molecular formula is C22H23FN4. The zero-order chi connectivity index (χ0) is 18.4. The number of hydrogen-bond donors (Lipinski definition) is 1. The summed E-state index contributed by atoms with van der Waals surface area (Å²) in [4.78, 5) is 0. The van der Waals surface area contributed by atoms with Crippen LogP contribution in [0.5, 0.6) is 0 Å². The van der Waals surface area contributed by atoms with Crippen molar-refractivity contribution in [2.75, 3.05) is 13.1 Å². The Morgan fingerprint density at radius 3 is 2.96 bits per heavy atom. The molecule has 138 valence electrons. The lowest BCUT2D eigenvalue weighted by Gasteiger charge is -2.53. The van der Waals surface area contributed by atoms with Gasteiger partial charge in [0.05, 0.1) is 30.2 Å². The second-order valence-corrected chi connectivity index (χ2v) is 8.17. The minimum atomic E-state index is -0.224. The number of allylic oxidation sites excluding steroid dienone is 1. The fraction of sp³-hybridized carbons (Fsp3) is 0.455. The molecule has 1 heterocycles. The Balaban J connectivity index is 1.44. The Bertz CT molecular complexity index is 936. The van der Waals surface area contributed by atoms with Crippen molar-refractivity contribution >= 4 is 6.08 Å². The zero-order valence-corrected chi connectivity index (χ0v) is 15.3. The summed E-state index contributed by atoms with van der Waals surface area (Å²) in [5, 5.41) is 16.6. The van der Waals surface area contributed by atoms with E-state index in [1.165, 1.54) is 42.7 Å². The number of nitrogens with zero attached hydrogens (tertiary/aromatic N) is 3. The van der Waals surface area contributed by atoms with Crippen molar-refractivity contribution < 1.29 is 4.39 Å². The fourth-order valence-electron chi connectivity index (χ4n) is 5.73. The van der Waals surface area contributed by atoms with Crippen LogP contribution in [0.3, 0.4) is 0 Å². The Kier molecular flexibility index (Phi) is 3.91. The van der Waals surface area contributed by atoms with Gasteiger partial charge in [-0.1, -0.05) is 5.57 Å². The summed E-state index contributed by atoms with van der Waals surface area (Å²) in [7, 11) is 0. The molecule has 2 aromatic rings. The van der Waals surface area contributed by atoms with E-state index in [2.05, 4.69) is 22.6 Å². The molecule has 2 saturated carbocycles. The lowest BCUT2D eigenvalue weighted by molar-refractivity contribution is 0.00772. The Labute approximate surface area is 158 Å². The first-order chi connectivity index (χ1) is 13.2. The number of hydrogen-bond acceptors (Lipinski definition) is 3. The lowest BCUT2D eigenvalue weighted by Crippen LogP contribution is -2.49. The Morgan fingerprint density at radius 2 is 2.15 bits per heavy atom. The molecule has 0 saturated heterocycles. The second kappa shape index (κ2) is 6.31. The number of fused-ring (bicyclic) bond motifs is 1. The van der Waals surface area contributed by atoms with Gasteiger partial charge in [0.25, 0.3) is 0 Å². The van der Waals surface area contributed by atoms with E-state index in [1.54, 1.807) is 17.7 Å². The van der Waals surface area contributed by atoms with E-state index in [1.807, 2.05) is 10.9 Å². The van der Waals surface area contributed by atoms with Crippen LogP contribution in [0.15, 0.2) is 36.0 Å². The molecule has 5 heteroatoms. The van der Waals surface area contributed by atoms with Gasteiger partial charge in [-0.25, -0.2) is 9.07 Å². The van der Waals surface area contributed by atoms with Crippen molar-refractivity contribution in [3.8, 4) is 11.8 Å². The first kappa shape index (κ1) is 16.7. The van der Waals surface area contributed by atoms with Gasteiger partial charge in [0.15, 0.2) is 0 Å². The molecule has 1 spiro atoms. The van der Waals surface area contributed by atoms with E-state index in [4.69, 9.17) is 5.26 Å². The van der Waals surface area contributed by atoms with Gasteiger partial charge in [0, 0.05) is 0 Å². The first-order valence-corrected chi connectivity index (χ1v) is 9.83. The topological polar surface area (TPSA) is 53.6 Å². The Morgan fingerprint density at radius 1 is 1.30 bits per heavy atom. The van der Waals surface area contributed by atoms with Crippen molar-refractivity contribution in [1.29, 1.82) is 5.26 Å². The maximum atomic E-state index is 13.3. The molecular weight excluding hydrogens is 339 g/mol. The van der Waals surface area contributed by atoms with Gasteiger partial charge in [0.2, 0.25) is 0 Å². The lowest BCUT2D eigenvalue weighted by atomic mass is 9.52. The van der Waals surface area contributed by atoms with Crippen molar-refractivity contribution in [2.45, 2.75) is 32.1 Å². The third-order valence-electron chi connectivity index (χ3n) is 6.99. The van der Waals surface area contributed by atoms with Gasteiger partial charge in [-0.15, -0.1) is 0 Å². The zero-order valence-electron chi connectivity index (χ0n) is 15.3. The van der Waals surface area contributed by atoms with Gasteiger partial charge in [-0.3, -0.25) is 0 Å². The summed E-state index contributed by atoms with van der Waals surface area (Å²) in [6.45, 7) is 1.40. The monoisotopic (exact) mass is 362 g/mol. The maximum absolute atomic E-state index is 13.3. The van der Waals surface area contributed by atoms with Gasteiger partial charge < -0.3 is 5.32 Å². The van der Waals surface area contributed by atoms with Crippen LogP contribution in [0, 0.1) is 34.4 Å². The van der Waals surface area contributed by atoms with Gasteiger partial charge >= 0.3 is 0 Å². The third kappa shape index (κ3) is 2.55. The van der Waals surface area contributed by atoms with Gasteiger partial charge in [0.1, 0.15) is 5.82 Å². The fourth-order valence-corrected chi connectivity index (χ4v) is 5.73. The van der Waals surface area contributed by atoms with Gasteiger partial charge in [-0.2, -0.15) is 10.4 Å². The molecule has 1 aromatic carbocycles. The van der Waals surface area contributed by atoms with Crippen molar-refractivity contribution in [3.05, 3.63) is 53.1 Å². The average Bonchev–Trinajstić information content (AvgIpc) is 3.12. The predicted molar refractivity (Wildman–Crippen MR) is 102 cm³/mol. The molecule has 3 aliphatic carbocycles. The standard InChI is InChI=1S/C22H23FN4/c23-18-2-4-19(5-3-18)27-21-11-17-1-6-20-16(13-25-10-9-24)12-22(17,20)8-7-15(21)14-26-27/h2-5,11,14,16,20,25H,1,6-8,10,12-13H2/t16-,20?,22+/m0/s1. The van der Waals surface area contributed by atoms with Crippen LogP contribution in [0.4, 0.5) is 4.39 Å². The number of aromatic nitrogens is 2. The smallest absolute Gasteiger partial charge is 0.123 e. The number of nitrogens with one attached hydrogen (secondary N) is 1. The van der Waals surface area contributed by atoms with E-state index in [9.17, 15) is 4.39 Å². The van der Waals surface area contributed by atoms with Crippen molar-refractivity contribution in [3.63, 3.8) is 0 Å². The van der Waals surface area contributed by atoms with Crippen LogP contribution in [-0.2, 0) is 6.42 Å². The number of rotatable bonds is 4. The first-order valence-electron chi connectivity index (χ1n) is 9.83. The number of benzene rings is 1. The summed E-state index contributed by atoms with van der Waals surface area (Å²) in [6, 6.07) is 8.74.